The van der Waals surface area contributed by atoms with E-state index in [4.69, 9.17) is 4.74 Å². The van der Waals surface area contributed by atoms with Crippen molar-refractivity contribution in [3.8, 4) is 11.8 Å². The zero-order valence-corrected chi connectivity index (χ0v) is 9.99. The number of benzene rings is 1. The minimum atomic E-state index is -0.520. The summed E-state index contributed by atoms with van der Waals surface area (Å²) in [6.07, 6.45) is 2.99. The van der Waals surface area contributed by atoms with E-state index < -0.39 is 4.92 Å². The van der Waals surface area contributed by atoms with Gasteiger partial charge in [0.15, 0.2) is 0 Å². The molecule has 17 heavy (non-hydrogen) atoms. The van der Waals surface area contributed by atoms with Gasteiger partial charge in [-0.15, -0.1) is 0 Å². The molecule has 0 aliphatic carbocycles. The predicted octanol–water partition coefficient (Wildman–Crippen LogP) is 2.94. The third-order valence-corrected chi connectivity index (χ3v) is 2.27. The van der Waals surface area contributed by atoms with Gasteiger partial charge in [0.25, 0.3) is 0 Å². The van der Waals surface area contributed by atoms with Gasteiger partial charge in [-0.25, -0.2) is 9.97 Å². The van der Waals surface area contributed by atoms with Crippen LogP contribution in [0.4, 0.5) is 5.69 Å². The van der Waals surface area contributed by atoms with E-state index in [0.717, 1.165) is 0 Å². The highest BCUT2D eigenvalue weighted by molar-refractivity contribution is 9.10. The van der Waals surface area contributed by atoms with E-state index in [1.165, 1.54) is 24.5 Å². The van der Waals surface area contributed by atoms with Crippen molar-refractivity contribution in [2.24, 2.45) is 0 Å². The molecular formula is C10H6BrN3O3. The summed E-state index contributed by atoms with van der Waals surface area (Å²) >= 11 is 3.18. The quantitative estimate of drug-likeness (QED) is 0.642. The maximum absolute atomic E-state index is 10.7. The SMILES string of the molecule is O=[N+]([O-])c1ccccc1Oc1ncc(Br)cn1. The van der Waals surface area contributed by atoms with Crippen LogP contribution < -0.4 is 4.74 Å². The number of aromatic nitrogens is 2. The van der Waals surface area contributed by atoms with Crippen LogP contribution in [0.1, 0.15) is 0 Å². The molecule has 2 rings (SSSR count). The van der Waals surface area contributed by atoms with Gasteiger partial charge in [0, 0.05) is 18.5 Å². The van der Waals surface area contributed by atoms with Gasteiger partial charge in [0.05, 0.1) is 9.40 Å². The Morgan fingerprint density at radius 1 is 1.24 bits per heavy atom. The lowest BCUT2D eigenvalue weighted by Crippen LogP contribution is -1.95. The smallest absolute Gasteiger partial charge is 0.322 e. The molecule has 0 aliphatic heterocycles. The van der Waals surface area contributed by atoms with E-state index in [0.29, 0.717) is 4.47 Å². The van der Waals surface area contributed by atoms with Crippen LogP contribution in [0.3, 0.4) is 0 Å². The fourth-order valence-corrected chi connectivity index (χ4v) is 1.35. The molecule has 0 aliphatic rings. The number of para-hydroxylation sites is 2. The summed E-state index contributed by atoms with van der Waals surface area (Å²) in [5, 5.41) is 10.7. The van der Waals surface area contributed by atoms with Crippen LogP contribution in [0.25, 0.3) is 0 Å². The summed E-state index contributed by atoms with van der Waals surface area (Å²) in [6, 6.07) is 6.11. The second kappa shape index (κ2) is 4.88. The van der Waals surface area contributed by atoms with Crippen LogP contribution in [-0.2, 0) is 0 Å². The van der Waals surface area contributed by atoms with E-state index in [2.05, 4.69) is 25.9 Å². The molecule has 0 atom stereocenters. The first-order valence-electron chi connectivity index (χ1n) is 4.55. The number of ether oxygens (including phenoxy) is 1. The van der Waals surface area contributed by atoms with Crippen LogP contribution in [-0.4, -0.2) is 14.9 Å². The topological polar surface area (TPSA) is 78.2 Å². The highest BCUT2D eigenvalue weighted by atomic mass is 79.9. The second-order valence-corrected chi connectivity index (χ2v) is 3.93. The zero-order valence-electron chi connectivity index (χ0n) is 8.41. The molecule has 0 spiro atoms. The molecule has 1 aromatic carbocycles. The van der Waals surface area contributed by atoms with E-state index in [1.54, 1.807) is 12.1 Å². The average molecular weight is 296 g/mol. The Labute approximate surface area is 105 Å². The summed E-state index contributed by atoms with van der Waals surface area (Å²) in [7, 11) is 0. The van der Waals surface area contributed by atoms with Crippen molar-refractivity contribution in [3.63, 3.8) is 0 Å². The molecule has 0 amide bonds. The van der Waals surface area contributed by atoms with Gasteiger partial charge >= 0.3 is 11.7 Å². The number of nitro groups is 1. The number of nitro benzene ring substituents is 1. The fraction of sp³-hybridized carbons (Fsp3) is 0. The molecule has 0 N–H and O–H groups in total. The Hall–Kier alpha value is -2.02. The third-order valence-electron chi connectivity index (χ3n) is 1.86. The lowest BCUT2D eigenvalue weighted by Gasteiger charge is -2.03. The van der Waals surface area contributed by atoms with E-state index in [1.807, 2.05) is 0 Å². The Kier molecular flexibility index (Phi) is 3.29. The van der Waals surface area contributed by atoms with Gasteiger partial charge in [0.2, 0.25) is 5.75 Å². The molecule has 2 aromatic rings. The van der Waals surface area contributed by atoms with Gasteiger partial charge in [-0.05, 0) is 22.0 Å². The Bertz CT molecular complexity index is 545. The van der Waals surface area contributed by atoms with Gasteiger partial charge in [0.1, 0.15) is 0 Å². The molecule has 1 aromatic heterocycles. The average Bonchev–Trinajstić information content (AvgIpc) is 2.32. The van der Waals surface area contributed by atoms with E-state index in [9.17, 15) is 10.1 Å². The largest absolute Gasteiger partial charge is 0.417 e. The maximum atomic E-state index is 10.7. The number of hydrogen-bond donors (Lipinski definition) is 0. The van der Waals surface area contributed by atoms with E-state index >= 15 is 0 Å². The summed E-state index contributed by atoms with van der Waals surface area (Å²) < 4.78 is 5.94. The zero-order chi connectivity index (χ0) is 12.3. The second-order valence-electron chi connectivity index (χ2n) is 3.01. The molecule has 0 unspecified atom stereocenters. The first-order valence-corrected chi connectivity index (χ1v) is 5.35. The van der Waals surface area contributed by atoms with Crippen molar-refractivity contribution in [2.75, 3.05) is 0 Å². The van der Waals surface area contributed by atoms with Crippen molar-refractivity contribution < 1.29 is 9.66 Å². The molecule has 7 heteroatoms. The summed E-state index contributed by atoms with van der Waals surface area (Å²) in [6.45, 7) is 0. The number of hydrogen-bond acceptors (Lipinski definition) is 5. The van der Waals surface area contributed by atoms with Crippen LogP contribution in [0.15, 0.2) is 41.1 Å². The first kappa shape index (κ1) is 11.5. The Morgan fingerprint density at radius 2 is 1.88 bits per heavy atom. The monoisotopic (exact) mass is 295 g/mol. The molecule has 0 bridgehead atoms. The van der Waals surface area contributed by atoms with Crippen LogP contribution in [0, 0.1) is 10.1 Å². The van der Waals surface area contributed by atoms with Crippen molar-refractivity contribution in [1.29, 1.82) is 0 Å². The molecule has 0 saturated heterocycles. The van der Waals surface area contributed by atoms with Crippen LogP contribution >= 0.6 is 15.9 Å². The van der Waals surface area contributed by atoms with Crippen molar-refractivity contribution in [2.45, 2.75) is 0 Å². The highest BCUT2D eigenvalue weighted by Gasteiger charge is 2.15. The molecular weight excluding hydrogens is 290 g/mol. The standard InChI is InChI=1S/C10H6BrN3O3/c11-7-5-12-10(13-6-7)17-9-4-2-1-3-8(9)14(15)16/h1-6H. The van der Waals surface area contributed by atoms with Crippen LogP contribution in [0.5, 0.6) is 11.8 Å². The maximum Gasteiger partial charge on any atom is 0.322 e. The van der Waals surface area contributed by atoms with Gasteiger partial charge < -0.3 is 4.74 Å². The number of halogens is 1. The molecule has 86 valence electrons. The molecule has 6 nitrogen and oxygen atoms in total. The molecule has 0 radical (unpaired) electrons. The normalized spacial score (nSPS) is 9.94. The van der Waals surface area contributed by atoms with Crippen molar-refractivity contribution in [1.82, 2.24) is 9.97 Å². The first-order chi connectivity index (χ1) is 8.16. The lowest BCUT2D eigenvalue weighted by atomic mass is 10.3. The van der Waals surface area contributed by atoms with Gasteiger partial charge in [-0.1, -0.05) is 12.1 Å². The minimum absolute atomic E-state index is 0.0579. The van der Waals surface area contributed by atoms with Crippen molar-refractivity contribution in [3.05, 3.63) is 51.2 Å². The Morgan fingerprint density at radius 3 is 2.53 bits per heavy atom. The number of nitrogens with zero attached hydrogens (tertiary/aromatic N) is 3. The summed E-state index contributed by atoms with van der Waals surface area (Å²) in [5.41, 5.74) is -0.126. The molecule has 1 heterocycles. The lowest BCUT2D eigenvalue weighted by molar-refractivity contribution is -0.385. The summed E-state index contributed by atoms with van der Waals surface area (Å²) in [5.74, 6) is 0.111. The molecule has 0 saturated carbocycles. The fourth-order valence-electron chi connectivity index (χ4n) is 1.15. The van der Waals surface area contributed by atoms with Gasteiger partial charge in [-0.3, -0.25) is 10.1 Å². The predicted molar refractivity (Wildman–Crippen MR) is 62.9 cm³/mol. The Balaban J connectivity index is 2.30. The van der Waals surface area contributed by atoms with Crippen molar-refractivity contribution >= 4 is 21.6 Å². The van der Waals surface area contributed by atoms with Gasteiger partial charge in [-0.2, -0.15) is 0 Å². The minimum Gasteiger partial charge on any atom is -0.417 e. The highest BCUT2D eigenvalue weighted by Crippen LogP contribution is 2.29. The third kappa shape index (κ3) is 2.76. The molecule has 0 fully saturated rings. The van der Waals surface area contributed by atoms with E-state index in [-0.39, 0.29) is 17.4 Å². The van der Waals surface area contributed by atoms with Crippen LogP contribution in [0.2, 0.25) is 0 Å². The number of rotatable bonds is 3. The summed E-state index contributed by atoms with van der Waals surface area (Å²) in [4.78, 5) is 18.0.